The van der Waals surface area contributed by atoms with Crippen LogP contribution in [0.1, 0.15) is 44.0 Å². The Hall–Kier alpha value is -1.75. The SMILES string of the molecule is CCCN(C(=O)c1ccc(OC(C)C)c(OC)c1)C1CCNC1. The van der Waals surface area contributed by atoms with Gasteiger partial charge in [0.15, 0.2) is 11.5 Å². The number of benzene rings is 1. The zero-order valence-electron chi connectivity index (χ0n) is 14.6. The van der Waals surface area contributed by atoms with Crippen molar-refractivity contribution < 1.29 is 14.3 Å². The van der Waals surface area contributed by atoms with Crippen molar-refractivity contribution in [2.45, 2.75) is 45.8 Å². The van der Waals surface area contributed by atoms with Gasteiger partial charge in [-0.2, -0.15) is 0 Å². The molecular weight excluding hydrogens is 292 g/mol. The van der Waals surface area contributed by atoms with Crippen molar-refractivity contribution >= 4 is 5.91 Å². The van der Waals surface area contributed by atoms with Gasteiger partial charge in [0, 0.05) is 24.7 Å². The summed E-state index contributed by atoms with van der Waals surface area (Å²) in [5.41, 5.74) is 0.651. The Morgan fingerprint density at radius 3 is 2.74 bits per heavy atom. The smallest absolute Gasteiger partial charge is 0.254 e. The summed E-state index contributed by atoms with van der Waals surface area (Å²) in [4.78, 5) is 14.9. The second-order valence-corrected chi connectivity index (χ2v) is 6.18. The maximum atomic E-state index is 12.9. The number of hydrogen-bond acceptors (Lipinski definition) is 4. The standard InChI is InChI=1S/C18H28N2O3/c1-5-10-20(15-8-9-19-12-15)18(21)14-6-7-16(23-13(2)3)17(11-14)22-4/h6-7,11,13,15,19H,5,8-10,12H2,1-4H3. The molecular formula is C18H28N2O3. The van der Waals surface area contributed by atoms with E-state index in [0.717, 1.165) is 32.5 Å². The van der Waals surface area contributed by atoms with Crippen LogP contribution < -0.4 is 14.8 Å². The van der Waals surface area contributed by atoms with E-state index in [0.29, 0.717) is 17.1 Å². The Balaban J connectivity index is 2.22. The van der Waals surface area contributed by atoms with Gasteiger partial charge < -0.3 is 19.7 Å². The number of methoxy groups -OCH3 is 1. The van der Waals surface area contributed by atoms with Gasteiger partial charge in [0.2, 0.25) is 0 Å². The van der Waals surface area contributed by atoms with Crippen LogP contribution in [0.2, 0.25) is 0 Å². The first-order valence-electron chi connectivity index (χ1n) is 8.43. The van der Waals surface area contributed by atoms with Crippen molar-refractivity contribution in [3.8, 4) is 11.5 Å². The van der Waals surface area contributed by atoms with Crippen molar-refractivity contribution in [2.75, 3.05) is 26.7 Å². The quantitative estimate of drug-likeness (QED) is 0.839. The fraction of sp³-hybridized carbons (Fsp3) is 0.611. The molecule has 0 saturated carbocycles. The third kappa shape index (κ3) is 4.38. The Labute approximate surface area is 139 Å². The number of carbonyl (C=O) groups excluding carboxylic acids is 1. The Kier molecular flexibility index (Phi) is 6.28. The van der Waals surface area contributed by atoms with Gasteiger partial charge in [-0.25, -0.2) is 0 Å². The summed E-state index contributed by atoms with van der Waals surface area (Å²) in [5, 5.41) is 3.33. The van der Waals surface area contributed by atoms with Crippen LogP contribution in [-0.4, -0.2) is 49.7 Å². The Morgan fingerprint density at radius 2 is 2.17 bits per heavy atom. The van der Waals surface area contributed by atoms with Crippen LogP contribution in [0.15, 0.2) is 18.2 Å². The fourth-order valence-electron chi connectivity index (χ4n) is 2.91. The molecule has 1 atom stereocenters. The van der Waals surface area contributed by atoms with E-state index in [9.17, 15) is 4.79 Å². The summed E-state index contributed by atoms with van der Waals surface area (Å²) < 4.78 is 11.1. The first kappa shape index (κ1) is 17.6. The second-order valence-electron chi connectivity index (χ2n) is 6.18. The van der Waals surface area contributed by atoms with Gasteiger partial charge in [0.1, 0.15) is 0 Å². The molecule has 0 spiro atoms. The zero-order valence-corrected chi connectivity index (χ0v) is 14.6. The number of nitrogens with zero attached hydrogens (tertiary/aromatic N) is 1. The summed E-state index contributed by atoms with van der Waals surface area (Å²) in [6, 6.07) is 5.71. The first-order valence-corrected chi connectivity index (χ1v) is 8.43. The topological polar surface area (TPSA) is 50.8 Å². The minimum atomic E-state index is 0.0617. The van der Waals surface area contributed by atoms with Crippen LogP contribution in [0.4, 0.5) is 0 Å². The van der Waals surface area contributed by atoms with Gasteiger partial charge in [-0.1, -0.05) is 6.92 Å². The largest absolute Gasteiger partial charge is 0.493 e. The lowest BCUT2D eigenvalue weighted by atomic mass is 10.1. The second kappa shape index (κ2) is 8.20. The molecule has 5 heteroatoms. The van der Waals surface area contributed by atoms with Gasteiger partial charge in [-0.15, -0.1) is 0 Å². The highest BCUT2D eigenvalue weighted by Gasteiger charge is 2.27. The lowest BCUT2D eigenvalue weighted by Gasteiger charge is -2.28. The summed E-state index contributed by atoms with van der Waals surface area (Å²) >= 11 is 0. The molecule has 0 radical (unpaired) electrons. The zero-order chi connectivity index (χ0) is 16.8. The minimum Gasteiger partial charge on any atom is -0.493 e. The summed E-state index contributed by atoms with van der Waals surface area (Å²) in [6.07, 6.45) is 2.03. The highest BCUT2D eigenvalue weighted by molar-refractivity contribution is 5.95. The van der Waals surface area contributed by atoms with Crippen LogP contribution >= 0.6 is 0 Å². The molecule has 0 aromatic heterocycles. The van der Waals surface area contributed by atoms with Crippen LogP contribution in [0.3, 0.4) is 0 Å². The molecule has 1 fully saturated rings. The summed E-state index contributed by atoms with van der Waals surface area (Å²) in [5.74, 6) is 1.34. The third-order valence-electron chi connectivity index (χ3n) is 3.97. The van der Waals surface area contributed by atoms with Gasteiger partial charge in [-0.3, -0.25) is 4.79 Å². The van der Waals surface area contributed by atoms with Crippen molar-refractivity contribution in [1.29, 1.82) is 0 Å². The lowest BCUT2D eigenvalue weighted by Crippen LogP contribution is -2.42. The molecule has 0 bridgehead atoms. The average molecular weight is 320 g/mol. The van der Waals surface area contributed by atoms with Gasteiger partial charge in [0.25, 0.3) is 5.91 Å². The summed E-state index contributed by atoms with van der Waals surface area (Å²) in [6.45, 7) is 8.66. The van der Waals surface area contributed by atoms with Crippen molar-refractivity contribution in [3.63, 3.8) is 0 Å². The Bertz CT molecular complexity index is 525. The molecule has 1 aliphatic heterocycles. The van der Waals surface area contributed by atoms with Crippen molar-refractivity contribution in [1.82, 2.24) is 10.2 Å². The van der Waals surface area contributed by atoms with Crippen molar-refractivity contribution in [3.05, 3.63) is 23.8 Å². The molecule has 5 nitrogen and oxygen atoms in total. The maximum Gasteiger partial charge on any atom is 0.254 e. The lowest BCUT2D eigenvalue weighted by molar-refractivity contribution is 0.0692. The number of nitrogens with one attached hydrogen (secondary N) is 1. The minimum absolute atomic E-state index is 0.0617. The van der Waals surface area contributed by atoms with Gasteiger partial charge in [0.05, 0.1) is 13.2 Å². The van der Waals surface area contributed by atoms with E-state index in [2.05, 4.69) is 12.2 Å². The highest BCUT2D eigenvalue weighted by atomic mass is 16.5. The Morgan fingerprint density at radius 1 is 1.39 bits per heavy atom. The monoisotopic (exact) mass is 320 g/mol. The molecule has 1 amide bonds. The predicted molar refractivity (Wildman–Crippen MR) is 91.4 cm³/mol. The number of amides is 1. The van der Waals surface area contributed by atoms with Crippen LogP contribution in [0.25, 0.3) is 0 Å². The third-order valence-corrected chi connectivity index (χ3v) is 3.97. The number of rotatable bonds is 7. The van der Waals surface area contributed by atoms with Crippen LogP contribution in [-0.2, 0) is 0 Å². The highest BCUT2D eigenvalue weighted by Crippen LogP contribution is 2.30. The number of ether oxygens (including phenoxy) is 2. The van der Waals surface area contributed by atoms with Crippen LogP contribution in [0, 0.1) is 0 Å². The predicted octanol–water partition coefficient (Wildman–Crippen LogP) is 2.70. The van der Waals surface area contributed by atoms with E-state index in [4.69, 9.17) is 9.47 Å². The van der Waals surface area contributed by atoms with E-state index >= 15 is 0 Å². The molecule has 128 valence electrons. The number of carbonyl (C=O) groups is 1. The molecule has 1 aliphatic rings. The molecule has 2 rings (SSSR count). The van der Waals surface area contributed by atoms with E-state index in [1.165, 1.54) is 0 Å². The normalized spacial score (nSPS) is 17.3. The maximum absolute atomic E-state index is 12.9. The molecule has 1 saturated heterocycles. The first-order chi connectivity index (χ1) is 11.1. The number of hydrogen-bond donors (Lipinski definition) is 1. The molecule has 0 aliphatic carbocycles. The van der Waals surface area contributed by atoms with Gasteiger partial charge >= 0.3 is 0 Å². The molecule has 1 aromatic rings. The van der Waals surface area contributed by atoms with E-state index in [1.807, 2.05) is 30.9 Å². The van der Waals surface area contributed by atoms with E-state index in [-0.39, 0.29) is 18.1 Å². The van der Waals surface area contributed by atoms with Gasteiger partial charge in [-0.05, 0) is 51.4 Å². The molecule has 1 aromatic carbocycles. The summed E-state index contributed by atoms with van der Waals surface area (Å²) in [7, 11) is 1.60. The average Bonchev–Trinajstić information content (AvgIpc) is 3.06. The molecule has 1 heterocycles. The molecule has 1 unspecified atom stereocenters. The van der Waals surface area contributed by atoms with E-state index < -0.39 is 0 Å². The molecule has 23 heavy (non-hydrogen) atoms. The van der Waals surface area contributed by atoms with E-state index in [1.54, 1.807) is 13.2 Å². The molecule has 1 N–H and O–H groups in total. The van der Waals surface area contributed by atoms with Crippen molar-refractivity contribution in [2.24, 2.45) is 0 Å². The van der Waals surface area contributed by atoms with Crippen LogP contribution in [0.5, 0.6) is 11.5 Å². The fourth-order valence-corrected chi connectivity index (χ4v) is 2.91.